The zero-order valence-corrected chi connectivity index (χ0v) is 12.6. The quantitative estimate of drug-likeness (QED) is 0.768. The van der Waals surface area contributed by atoms with Crippen molar-refractivity contribution in [3.05, 3.63) is 41.6 Å². The van der Waals surface area contributed by atoms with Gasteiger partial charge in [0, 0.05) is 11.3 Å². The molecule has 0 atom stereocenters. The minimum atomic E-state index is 0.554. The predicted octanol–water partition coefficient (Wildman–Crippen LogP) is 3.71. The van der Waals surface area contributed by atoms with Crippen molar-refractivity contribution >= 4 is 16.9 Å². The molecule has 1 aromatic carbocycles. The number of H-pyrrole nitrogens is 1. The zero-order chi connectivity index (χ0) is 15.0. The minimum absolute atomic E-state index is 0.554. The van der Waals surface area contributed by atoms with Gasteiger partial charge >= 0.3 is 0 Å². The van der Waals surface area contributed by atoms with Crippen LogP contribution >= 0.6 is 0 Å². The highest BCUT2D eigenvalue weighted by Crippen LogP contribution is 2.29. The second-order valence-corrected chi connectivity index (χ2v) is 5.85. The van der Waals surface area contributed by atoms with E-state index in [9.17, 15) is 0 Å². The molecule has 3 aromatic rings. The average molecular weight is 280 g/mol. The van der Waals surface area contributed by atoms with Crippen molar-refractivity contribution in [3.8, 4) is 11.4 Å². The molecular weight excluding hydrogens is 260 g/mol. The van der Waals surface area contributed by atoms with Crippen LogP contribution in [-0.2, 0) is 6.42 Å². The first-order chi connectivity index (χ1) is 10.1. The number of rotatable bonds is 3. The predicted molar refractivity (Wildman–Crippen MR) is 87.0 cm³/mol. The first-order valence-electron chi connectivity index (χ1n) is 7.26. The summed E-state index contributed by atoms with van der Waals surface area (Å²) in [6.45, 7) is 6.47. The maximum Gasteiger partial charge on any atom is 0.163 e. The van der Waals surface area contributed by atoms with Gasteiger partial charge in [-0.3, -0.25) is 0 Å². The lowest BCUT2D eigenvalue weighted by Crippen LogP contribution is -2.00. The summed E-state index contributed by atoms with van der Waals surface area (Å²) in [5.74, 6) is 1.78. The Morgan fingerprint density at radius 3 is 2.52 bits per heavy atom. The van der Waals surface area contributed by atoms with E-state index < -0.39 is 0 Å². The van der Waals surface area contributed by atoms with Crippen molar-refractivity contribution in [2.24, 2.45) is 5.92 Å². The van der Waals surface area contributed by atoms with Crippen LogP contribution in [-0.4, -0.2) is 15.0 Å². The first kappa shape index (κ1) is 13.6. The summed E-state index contributed by atoms with van der Waals surface area (Å²) < 4.78 is 0. The second kappa shape index (κ2) is 5.20. The maximum absolute atomic E-state index is 6.21. The van der Waals surface area contributed by atoms with Crippen LogP contribution in [0, 0.1) is 12.8 Å². The van der Waals surface area contributed by atoms with Gasteiger partial charge in [0.15, 0.2) is 5.82 Å². The summed E-state index contributed by atoms with van der Waals surface area (Å²) in [6, 6.07) is 9.91. The van der Waals surface area contributed by atoms with Crippen molar-refractivity contribution in [2.45, 2.75) is 27.2 Å². The van der Waals surface area contributed by atoms with Crippen LogP contribution in [0.1, 0.15) is 25.1 Å². The number of benzene rings is 1. The Kier molecular flexibility index (Phi) is 3.37. The summed E-state index contributed by atoms with van der Waals surface area (Å²) in [6.07, 6.45) is 0.976. The van der Waals surface area contributed by atoms with Crippen LogP contribution < -0.4 is 5.73 Å². The van der Waals surface area contributed by atoms with E-state index in [1.165, 1.54) is 5.56 Å². The third-order valence-electron chi connectivity index (χ3n) is 3.64. The van der Waals surface area contributed by atoms with Gasteiger partial charge in [0.2, 0.25) is 0 Å². The van der Waals surface area contributed by atoms with Crippen molar-refractivity contribution in [1.29, 1.82) is 0 Å². The van der Waals surface area contributed by atoms with Crippen molar-refractivity contribution < 1.29 is 0 Å². The number of aryl methyl sites for hydroxylation is 1. The molecule has 3 rings (SSSR count). The Bertz CT molecular complexity index is 772. The topological polar surface area (TPSA) is 67.6 Å². The van der Waals surface area contributed by atoms with Crippen molar-refractivity contribution in [1.82, 2.24) is 15.0 Å². The van der Waals surface area contributed by atoms with Gasteiger partial charge in [-0.1, -0.05) is 44.2 Å². The number of nitrogen functional groups attached to an aromatic ring is 1. The minimum Gasteiger partial charge on any atom is -0.383 e. The second-order valence-electron chi connectivity index (χ2n) is 5.85. The Hall–Kier alpha value is -2.36. The normalized spacial score (nSPS) is 11.4. The van der Waals surface area contributed by atoms with E-state index in [0.717, 1.165) is 28.7 Å². The number of nitrogens with one attached hydrogen (secondary N) is 1. The number of hydrogen-bond acceptors (Lipinski definition) is 3. The molecule has 0 aliphatic carbocycles. The first-order valence-corrected chi connectivity index (χ1v) is 7.26. The van der Waals surface area contributed by atoms with Crippen LogP contribution in [0.15, 0.2) is 30.3 Å². The number of nitrogens with two attached hydrogens (primary N) is 1. The summed E-state index contributed by atoms with van der Waals surface area (Å²) >= 11 is 0. The van der Waals surface area contributed by atoms with E-state index in [1.54, 1.807) is 0 Å². The summed E-state index contributed by atoms with van der Waals surface area (Å²) in [4.78, 5) is 12.5. The van der Waals surface area contributed by atoms with Crippen LogP contribution in [0.25, 0.3) is 22.4 Å². The van der Waals surface area contributed by atoms with Gasteiger partial charge in [-0.15, -0.1) is 0 Å². The van der Waals surface area contributed by atoms with E-state index >= 15 is 0 Å². The molecule has 0 fully saturated rings. The number of nitrogens with zero attached hydrogens (tertiary/aromatic N) is 2. The third kappa shape index (κ3) is 2.49. The molecule has 2 aromatic heterocycles. The highest BCUT2D eigenvalue weighted by Gasteiger charge is 2.16. The molecule has 0 aliphatic rings. The lowest BCUT2D eigenvalue weighted by molar-refractivity contribution is 0.647. The number of aromatic nitrogens is 3. The number of hydrogen-bond donors (Lipinski definition) is 2. The Balaban J connectivity index is 2.18. The zero-order valence-electron chi connectivity index (χ0n) is 12.6. The summed E-state index contributed by atoms with van der Waals surface area (Å²) in [7, 11) is 0. The molecule has 21 heavy (non-hydrogen) atoms. The Labute approximate surface area is 124 Å². The Morgan fingerprint density at radius 1 is 1.14 bits per heavy atom. The molecule has 0 saturated carbocycles. The van der Waals surface area contributed by atoms with Crippen LogP contribution in [0.3, 0.4) is 0 Å². The average Bonchev–Trinajstić information content (AvgIpc) is 2.76. The number of anilines is 1. The molecule has 4 nitrogen and oxygen atoms in total. The van der Waals surface area contributed by atoms with Gasteiger partial charge in [0.1, 0.15) is 11.5 Å². The van der Waals surface area contributed by atoms with Crippen molar-refractivity contribution in [2.75, 3.05) is 5.73 Å². The monoisotopic (exact) mass is 280 g/mol. The maximum atomic E-state index is 6.21. The lowest BCUT2D eigenvalue weighted by Gasteiger charge is -2.07. The van der Waals surface area contributed by atoms with Gasteiger partial charge in [-0.2, -0.15) is 0 Å². The smallest absolute Gasteiger partial charge is 0.163 e. The Morgan fingerprint density at radius 2 is 1.86 bits per heavy atom. The summed E-state index contributed by atoms with van der Waals surface area (Å²) in [5.41, 5.74) is 10.4. The molecule has 0 aliphatic heterocycles. The largest absolute Gasteiger partial charge is 0.383 e. The van der Waals surface area contributed by atoms with E-state index in [1.807, 2.05) is 30.3 Å². The third-order valence-corrected chi connectivity index (χ3v) is 3.64. The number of fused-ring (bicyclic) bond motifs is 1. The highest BCUT2D eigenvalue weighted by molar-refractivity contribution is 5.92. The fraction of sp³-hybridized carbons (Fsp3) is 0.294. The molecule has 4 heteroatoms. The fourth-order valence-electron chi connectivity index (χ4n) is 2.69. The van der Waals surface area contributed by atoms with Gasteiger partial charge in [0.05, 0.1) is 5.39 Å². The molecule has 0 amide bonds. The van der Waals surface area contributed by atoms with Gasteiger partial charge in [0.25, 0.3) is 0 Å². The van der Waals surface area contributed by atoms with E-state index in [0.29, 0.717) is 17.6 Å². The molecule has 0 radical (unpaired) electrons. The molecule has 0 bridgehead atoms. The van der Waals surface area contributed by atoms with E-state index in [-0.39, 0.29) is 0 Å². The van der Waals surface area contributed by atoms with Crippen LogP contribution in [0.2, 0.25) is 0 Å². The molecule has 0 saturated heterocycles. The van der Waals surface area contributed by atoms with Crippen molar-refractivity contribution in [3.63, 3.8) is 0 Å². The van der Waals surface area contributed by atoms with E-state index in [2.05, 4.69) is 35.7 Å². The fourth-order valence-corrected chi connectivity index (χ4v) is 2.69. The van der Waals surface area contributed by atoms with Gasteiger partial charge < -0.3 is 10.7 Å². The molecule has 3 N–H and O–H groups in total. The molecule has 0 unspecified atom stereocenters. The highest BCUT2D eigenvalue weighted by atomic mass is 15.0. The molecule has 0 spiro atoms. The summed E-state index contributed by atoms with van der Waals surface area (Å²) in [5, 5.41) is 0.973. The molecular formula is C17H20N4. The van der Waals surface area contributed by atoms with Crippen LogP contribution in [0.5, 0.6) is 0 Å². The van der Waals surface area contributed by atoms with Crippen LogP contribution in [0.4, 0.5) is 5.82 Å². The number of aromatic amines is 1. The molecule has 108 valence electrons. The van der Waals surface area contributed by atoms with Gasteiger partial charge in [-0.25, -0.2) is 9.97 Å². The van der Waals surface area contributed by atoms with Gasteiger partial charge in [-0.05, 0) is 24.8 Å². The molecule has 2 heterocycles. The standard InChI is InChI=1S/C17H20N4/c1-10(2)9-13-11(3)19-17-14(13)15(18)20-16(21-17)12-7-5-4-6-8-12/h4-8,10H,9H2,1-3H3,(H3,18,19,20,21). The van der Waals surface area contributed by atoms with E-state index in [4.69, 9.17) is 5.73 Å². The lowest BCUT2D eigenvalue weighted by atomic mass is 10.0. The SMILES string of the molecule is Cc1[nH]c2nc(-c3ccccc3)nc(N)c2c1CC(C)C.